The van der Waals surface area contributed by atoms with Crippen LogP contribution in [0.4, 0.5) is 10.5 Å². The minimum Gasteiger partial charge on any atom is -0.478 e. The van der Waals surface area contributed by atoms with Crippen LogP contribution in [-0.4, -0.2) is 60.5 Å². The van der Waals surface area contributed by atoms with Crippen molar-refractivity contribution in [3.63, 3.8) is 0 Å². The molecule has 0 aliphatic rings. The molecule has 0 heterocycles. The second-order valence-corrected chi connectivity index (χ2v) is 5.04. The third-order valence-corrected chi connectivity index (χ3v) is 3.17. The molecule has 0 aliphatic carbocycles. The summed E-state index contributed by atoms with van der Waals surface area (Å²) in [6.45, 7) is 0.554. The summed E-state index contributed by atoms with van der Waals surface area (Å²) in [5, 5.41) is 20.6. The van der Waals surface area contributed by atoms with Gasteiger partial charge in [0.2, 0.25) is 0 Å². The zero-order valence-electron chi connectivity index (χ0n) is 11.5. The molecule has 0 unspecified atom stereocenters. The van der Waals surface area contributed by atoms with Gasteiger partial charge >= 0.3 is 12.0 Å². The van der Waals surface area contributed by atoms with Gasteiger partial charge in [-0.25, -0.2) is 9.59 Å². The highest BCUT2D eigenvalue weighted by Crippen LogP contribution is 2.21. The predicted octanol–water partition coefficient (Wildman–Crippen LogP) is 1.62. The number of nitrogens with one attached hydrogen (secondary N) is 1. The normalized spacial score (nSPS) is 10.2. The Bertz CT molecular complexity index is 509. The van der Waals surface area contributed by atoms with Gasteiger partial charge in [0.1, 0.15) is 0 Å². The molecule has 7 nitrogen and oxygen atoms in total. The number of urea groups is 1. The van der Waals surface area contributed by atoms with Gasteiger partial charge in [0.25, 0.3) is 0 Å². The minimum absolute atomic E-state index is 0.0200. The van der Waals surface area contributed by atoms with Crippen LogP contribution in [0.25, 0.3) is 0 Å². The van der Waals surface area contributed by atoms with Gasteiger partial charge in [-0.15, -0.1) is 0 Å². The highest BCUT2D eigenvalue weighted by Gasteiger charge is 2.17. The van der Waals surface area contributed by atoms with Crippen LogP contribution >= 0.6 is 15.9 Å². The Morgan fingerprint density at radius 1 is 1.38 bits per heavy atom. The number of aliphatic hydroxyl groups is 1. The van der Waals surface area contributed by atoms with Crippen molar-refractivity contribution in [3.8, 4) is 0 Å². The zero-order chi connectivity index (χ0) is 15.8. The van der Waals surface area contributed by atoms with Crippen molar-refractivity contribution in [3.05, 3.63) is 28.2 Å². The number of halogens is 1. The molecule has 0 fully saturated rings. The first kappa shape index (κ1) is 17.4. The molecule has 21 heavy (non-hydrogen) atoms. The van der Waals surface area contributed by atoms with E-state index in [4.69, 9.17) is 14.9 Å². The van der Waals surface area contributed by atoms with Crippen molar-refractivity contribution >= 4 is 33.6 Å². The van der Waals surface area contributed by atoms with E-state index in [9.17, 15) is 9.59 Å². The number of carbonyl (C=O) groups is 2. The number of rotatable bonds is 7. The van der Waals surface area contributed by atoms with Crippen molar-refractivity contribution in [1.82, 2.24) is 4.90 Å². The Balaban J connectivity index is 2.87. The topological polar surface area (TPSA) is 99.1 Å². The van der Waals surface area contributed by atoms with E-state index in [0.29, 0.717) is 17.6 Å². The number of nitrogens with zero attached hydrogens (tertiary/aromatic N) is 1. The van der Waals surface area contributed by atoms with Gasteiger partial charge in [-0.3, -0.25) is 0 Å². The lowest BCUT2D eigenvalue weighted by Crippen LogP contribution is -2.39. The highest BCUT2D eigenvalue weighted by atomic mass is 79.9. The molecule has 116 valence electrons. The molecule has 1 aromatic rings. The van der Waals surface area contributed by atoms with Gasteiger partial charge < -0.3 is 25.2 Å². The number of hydrogen-bond donors (Lipinski definition) is 3. The summed E-state index contributed by atoms with van der Waals surface area (Å²) in [7, 11) is 1.51. The number of methoxy groups -OCH3 is 1. The molecule has 0 radical (unpaired) electrons. The number of aliphatic hydroxyl groups excluding tert-OH is 1. The van der Waals surface area contributed by atoms with Gasteiger partial charge in [-0.2, -0.15) is 0 Å². The number of aromatic carboxylic acids is 1. The van der Waals surface area contributed by atoms with Crippen LogP contribution < -0.4 is 5.32 Å². The highest BCUT2D eigenvalue weighted by molar-refractivity contribution is 9.10. The van der Waals surface area contributed by atoms with Crippen molar-refractivity contribution in [2.24, 2.45) is 0 Å². The summed E-state index contributed by atoms with van der Waals surface area (Å²) in [6.07, 6.45) is 0. The number of anilines is 1. The van der Waals surface area contributed by atoms with Crippen molar-refractivity contribution in [2.45, 2.75) is 0 Å². The first-order valence-electron chi connectivity index (χ1n) is 6.18. The summed E-state index contributed by atoms with van der Waals surface area (Å²) >= 11 is 3.18. The Morgan fingerprint density at radius 3 is 2.67 bits per heavy atom. The van der Waals surface area contributed by atoms with Crippen molar-refractivity contribution < 1.29 is 24.5 Å². The summed E-state index contributed by atoms with van der Waals surface area (Å²) in [6, 6.07) is 4.04. The Hall–Kier alpha value is -1.64. The van der Waals surface area contributed by atoms with E-state index < -0.39 is 12.0 Å². The van der Waals surface area contributed by atoms with Crippen LogP contribution in [0, 0.1) is 0 Å². The average molecular weight is 361 g/mol. The lowest BCUT2D eigenvalue weighted by molar-refractivity contribution is 0.0698. The Labute approximate surface area is 130 Å². The lowest BCUT2D eigenvalue weighted by atomic mass is 10.2. The van der Waals surface area contributed by atoms with Crippen LogP contribution in [0.1, 0.15) is 10.4 Å². The molecule has 0 aromatic heterocycles. The van der Waals surface area contributed by atoms with Gasteiger partial charge in [-0.1, -0.05) is 15.9 Å². The van der Waals surface area contributed by atoms with E-state index in [1.807, 2.05) is 0 Å². The molecule has 2 amide bonds. The SMILES string of the molecule is COCCN(CCO)C(=O)Nc1ccc(Br)cc1C(=O)O. The summed E-state index contributed by atoms with van der Waals surface area (Å²) in [4.78, 5) is 24.6. The molecular weight excluding hydrogens is 344 g/mol. The van der Waals surface area contributed by atoms with Crippen LogP contribution in [0.15, 0.2) is 22.7 Å². The molecule has 1 rings (SSSR count). The van der Waals surface area contributed by atoms with E-state index in [-0.39, 0.29) is 24.4 Å². The fourth-order valence-corrected chi connectivity index (χ4v) is 1.99. The molecule has 0 bridgehead atoms. The molecule has 0 spiro atoms. The van der Waals surface area contributed by atoms with E-state index in [1.165, 1.54) is 24.1 Å². The van der Waals surface area contributed by atoms with E-state index >= 15 is 0 Å². The molecule has 0 atom stereocenters. The number of hydrogen-bond acceptors (Lipinski definition) is 4. The van der Waals surface area contributed by atoms with E-state index in [1.54, 1.807) is 6.07 Å². The van der Waals surface area contributed by atoms with Crippen LogP contribution in [0.5, 0.6) is 0 Å². The van der Waals surface area contributed by atoms with Crippen molar-refractivity contribution in [1.29, 1.82) is 0 Å². The van der Waals surface area contributed by atoms with E-state index in [2.05, 4.69) is 21.2 Å². The lowest BCUT2D eigenvalue weighted by Gasteiger charge is -2.22. The summed E-state index contributed by atoms with van der Waals surface area (Å²) < 4.78 is 5.49. The molecule has 1 aromatic carbocycles. The van der Waals surface area contributed by atoms with Crippen LogP contribution in [0.3, 0.4) is 0 Å². The third-order valence-electron chi connectivity index (χ3n) is 2.68. The number of amides is 2. The second kappa shape index (κ2) is 8.60. The quantitative estimate of drug-likeness (QED) is 0.686. The molecule has 0 saturated carbocycles. The monoisotopic (exact) mass is 360 g/mol. The predicted molar refractivity (Wildman–Crippen MR) is 80.7 cm³/mol. The smallest absolute Gasteiger partial charge is 0.337 e. The molecule has 8 heteroatoms. The number of ether oxygens (including phenoxy) is 1. The third kappa shape index (κ3) is 5.33. The first-order chi connectivity index (χ1) is 9.99. The fourth-order valence-electron chi connectivity index (χ4n) is 1.63. The maximum absolute atomic E-state index is 12.1. The number of carboxylic acid groups (broad SMARTS) is 1. The van der Waals surface area contributed by atoms with Gasteiger partial charge in [0.05, 0.1) is 24.5 Å². The zero-order valence-corrected chi connectivity index (χ0v) is 13.1. The number of carboxylic acids is 1. The van der Waals surface area contributed by atoms with Crippen LogP contribution in [-0.2, 0) is 4.74 Å². The summed E-state index contributed by atoms with van der Waals surface area (Å²) in [5.41, 5.74) is 0.171. The first-order valence-corrected chi connectivity index (χ1v) is 6.97. The number of carbonyl (C=O) groups excluding carboxylic acids is 1. The largest absolute Gasteiger partial charge is 0.478 e. The van der Waals surface area contributed by atoms with Crippen molar-refractivity contribution in [2.75, 3.05) is 38.7 Å². The Morgan fingerprint density at radius 2 is 2.10 bits per heavy atom. The van der Waals surface area contributed by atoms with Gasteiger partial charge in [0.15, 0.2) is 0 Å². The molecular formula is C13H17BrN2O5. The maximum Gasteiger partial charge on any atom is 0.337 e. The second-order valence-electron chi connectivity index (χ2n) is 4.13. The van der Waals surface area contributed by atoms with Gasteiger partial charge in [-0.05, 0) is 18.2 Å². The molecule has 0 saturated heterocycles. The fraction of sp³-hybridized carbons (Fsp3) is 0.385. The maximum atomic E-state index is 12.1. The average Bonchev–Trinajstić information content (AvgIpc) is 2.45. The Kier molecular flexibility index (Phi) is 7.13. The standard InChI is InChI=1S/C13H17BrN2O5/c1-21-7-5-16(4-6-17)13(20)15-11-3-2-9(14)8-10(11)12(18)19/h2-3,8,17H,4-7H2,1H3,(H,15,20)(H,18,19). The van der Waals surface area contributed by atoms with Gasteiger partial charge in [0, 0.05) is 24.7 Å². The minimum atomic E-state index is -1.14. The summed E-state index contributed by atoms with van der Waals surface area (Å²) in [5.74, 6) is -1.14. The van der Waals surface area contributed by atoms with E-state index in [0.717, 1.165) is 0 Å². The van der Waals surface area contributed by atoms with Crippen LogP contribution in [0.2, 0.25) is 0 Å². The molecule has 0 aliphatic heterocycles. The number of benzene rings is 1. The molecule has 3 N–H and O–H groups in total.